The van der Waals surface area contributed by atoms with Gasteiger partial charge in [0.25, 0.3) is 0 Å². The van der Waals surface area contributed by atoms with E-state index in [0.29, 0.717) is 5.92 Å². The van der Waals surface area contributed by atoms with Gasteiger partial charge in [-0.3, -0.25) is 0 Å². The van der Waals surface area contributed by atoms with Crippen molar-refractivity contribution in [1.29, 1.82) is 0 Å². The molecule has 0 spiro atoms. The summed E-state index contributed by atoms with van der Waals surface area (Å²) < 4.78 is 0. The van der Waals surface area contributed by atoms with Crippen molar-refractivity contribution in [2.24, 2.45) is 0 Å². The number of fused-ring (bicyclic) bond motifs is 1. The molecule has 0 saturated heterocycles. The van der Waals surface area contributed by atoms with E-state index in [1.54, 1.807) is 0 Å². The molecule has 0 heteroatoms. The van der Waals surface area contributed by atoms with Crippen molar-refractivity contribution >= 4 is 10.8 Å². The smallest absolute Gasteiger partial charge is 0.00705 e. The van der Waals surface area contributed by atoms with Crippen LogP contribution in [0.3, 0.4) is 0 Å². The fourth-order valence-electron chi connectivity index (χ4n) is 3.58. The van der Waals surface area contributed by atoms with Crippen molar-refractivity contribution in [1.82, 2.24) is 0 Å². The van der Waals surface area contributed by atoms with E-state index in [9.17, 15) is 0 Å². The van der Waals surface area contributed by atoms with Crippen LogP contribution in [-0.4, -0.2) is 0 Å². The van der Waals surface area contributed by atoms with Crippen LogP contribution in [0.15, 0.2) is 91.0 Å². The van der Waals surface area contributed by atoms with Crippen LogP contribution >= 0.6 is 0 Å². The first-order valence-corrected chi connectivity index (χ1v) is 8.91. The second kappa shape index (κ2) is 6.57. The first-order chi connectivity index (χ1) is 12.2. The Morgan fingerprint density at radius 3 is 2.04 bits per heavy atom. The van der Waals surface area contributed by atoms with Gasteiger partial charge in [-0.15, -0.1) is 0 Å². The minimum Gasteiger partial charge on any atom is -0.0622 e. The Morgan fingerprint density at radius 2 is 1.24 bits per heavy atom. The highest BCUT2D eigenvalue weighted by Crippen LogP contribution is 2.37. The average molecular weight is 322 g/mol. The molecule has 4 aromatic rings. The van der Waals surface area contributed by atoms with E-state index in [0.717, 1.165) is 0 Å². The fraction of sp³-hybridized carbons (Fsp3) is 0.120. The van der Waals surface area contributed by atoms with Gasteiger partial charge in [0.2, 0.25) is 0 Å². The zero-order valence-corrected chi connectivity index (χ0v) is 14.7. The lowest BCUT2D eigenvalue weighted by Crippen LogP contribution is -1.94. The second-order valence-corrected chi connectivity index (χ2v) is 6.85. The number of hydrogen-bond donors (Lipinski definition) is 0. The van der Waals surface area contributed by atoms with Crippen molar-refractivity contribution in [2.75, 3.05) is 0 Å². The molecular formula is C25H22. The van der Waals surface area contributed by atoms with Gasteiger partial charge in [-0.25, -0.2) is 0 Å². The van der Waals surface area contributed by atoms with Gasteiger partial charge in [-0.1, -0.05) is 98.8 Å². The summed E-state index contributed by atoms with van der Waals surface area (Å²) in [5, 5.41) is 2.63. The van der Waals surface area contributed by atoms with Crippen molar-refractivity contribution in [3.8, 4) is 22.3 Å². The third-order valence-corrected chi connectivity index (χ3v) is 4.84. The Hall–Kier alpha value is -2.86. The molecule has 4 rings (SSSR count). The number of rotatable bonds is 3. The predicted molar refractivity (Wildman–Crippen MR) is 109 cm³/mol. The zero-order valence-electron chi connectivity index (χ0n) is 14.7. The van der Waals surface area contributed by atoms with E-state index < -0.39 is 0 Å². The lowest BCUT2D eigenvalue weighted by molar-refractivity contribution is 0.871. The van der Waals surface area contributed by atoms with Crippen LogP contribution in [0.1, 0.15) is 25.3 Å². The van der Waals surface area contributed by atoms with Gasteiger partial charge in [0.15, 0.2) is 0 Å². The first kappa shape index (κ1) is 15.7. The van der Waals surface area contributed by atoms with Crippen molar-refractivity contribution in [2.45, 2.75) is 19.8 Å². The molecule has 0 fully saturated rings. The van der Waals surface area contributed by atoms with Gasteiger partial charge >= 0.3 is 0 Å². The van der Waals surface area contributed by atoms with Crippen LogP contribution < -0.4 is 0 Å². The van der Waals surface area contributed by atoms with E-state index in [1.807, 2.05) is 0 Å². The molecule has 4 aromatic carbocycles. The molecule has 0 aliphatic heterocycles. The maximum absolute atomic E-state index is 2.32. The Bertz CT molecular complexity index is 1010. The molecule has 0 bridgehead atoms. The summed E-state index contributed by atoms with van der Waals surface area (Å²) in [5.74, 6) is 0.486. The van der Waals surface area contributed by atoms with Crippen molar-refractivity contribution in [3.63, 3.8) is 0 Å². The summed E-state index contributed by atoms with van der Waals surface area (Å²) in [5.41, 5.74) is 6.59. The molecule has 0 unspecified atom stereocenters. The lowest BCUT2D eigenvalue weighted by Gasteiger charge is -2.17. The molecule has 0 aliphatic rings. The largest absolute Gasteiger partial charge is 0.0622 e. The topological polar surface area (TPSA) is 0 Å². The highest BCUT2D eigenvalue weighted by molar-refractivity contribution is 5.99. The van der Waals surface area contributed by atoms with E-state index in [4.69, 9.17) is 0 Å². The minimum atomic E-state index is 0.486. The van der Waals surface area contributed by atoms with E-state index >= 15 is 0 Å². The van der Waals surface area contributed by atoms with Crippen molar-refractivity contribution < 1.29 is 0 Å². The summed E-state index contributed by atoms with van der Waals surface area (Å²) in [6.07, 6.45) is 0. The van der Waals surface area contributed by atoms with E-state index in [1.165, 1.54) is 38.6 Å². The molecule has 122 valence electrons. The lowest BCUT2D eigenvalue weighted by atomic mass is 9.87. The van der Waals surface area contributed by atoms with Crippen LogP contribution in [0.2, 0.25) is 0 Å². The molecule has 0 heterocycles. The van der Waals surface area contributed by atoms with E-state index in [2.05, 4.69) is 105 Å². The molecule has 0 amide bonds. The monoisotopic (exact) mass is 322 g/mol. The summed E-state index contributed by atoms with van der Waals surface area (Å²) in [6.45, 7) is 4.54. The number of benzene rings is 4. The van der Waals surface area contributed by atoms with Gasteiger partial charge in [0.05, 0.1) is 0 Å². The van der Waals surface area contributed by atoms with E-state index in [-0.39, 0.29) is 0 Å². The third kappa shape index (κ3) is 2.96. The molecule has 0 radical (unpaired) electrons. The first-order valence-electron chi connectivity index (χ1n) is 8.91. The summed E-state index contributed by atoms with van der Waals surface area (Å²) >= 11 is 0. The average Bonchev–Trinajstić information content (AvgIpc) is 2.67. The Kier molecular flexibility index (Phi) is 4.11. The quantitative estimate of drug-likeness (QED) is 0.371. The molecule has 0 aromatic heterocycles. The zero-order chi connectivity index (χ0) is 17.2. The summed E-state index contributed by atoms with van der Waals surface area (Å²) in [4.78, 5) is 0. The second-order valence-electron chi connectivity index (χ2n) is 6.85. The normalized spacial score (nSPS) is 11.2. The minimum absolute atomic E-state index is 0.486. The SMILES string of the molecule is CC(C)c1ccc2ccccc2c1-c1cccc(-c2ccccc2)c1. The molecule has 0 atom stereocenters. The predicted octanol–water partition coefficient (Wildman–Crippen LogP) is 7.30. The molecule has 0 saturated carbocycles. The van der Waals surface area contributed by atoms with Gasteiger partial charge in [-0.2, -0.15) is 0 Å². The fourth-order valence-corrected chi connectivity index (χ4v) is 3.58. The Labute approximate surface area is 149 Å². The Balaban J connectivity index is 1.97. The standard InChI is InChI=1S/C25H22/c1-18(2)23-16-15-20-11-6-7-14-24(20)25(23)22-13-8-12-21(17-22)19-9-4-3-5-10-19/h3-18H,1-2H3. The highest BCUT2D eigenvalue weighted by Gasteiger charge is 2.13. The summed E-state index contributed by atoms with van der Waals surface area (Å²) in [6, 6.07) is 32.7. The highest BCUT2D eigenvalue weighted by atomic mass is 14.2. The van der Waals surface area contributed by atoms with Crippen LogP contribution in [0.25, 0.3) is 33.0 Å². The summed E-state index contributed by atoms with van der Waals surface area (Å²) in [7, 11) is 0. The molecule has 0 N–H and O–H groups in total. The maximum atomic E-state index is 2.32. The van der Waals surface area contributed by atoms with Crippen molar-refractivity contribution in [3.05, 3.63) is 96.6 Å². The molecule has 25 heavy (non-hydrogen) atoms. The van der Waals surface area contributed by atoms with Gasteiger partial charge in [0.1, 0.15) is 0 Å². The maximum Gasteiger partial charge on any atom is -0.00705 e. The molecule has 0 nitrogen and oxygen atoms in total. The van der Waals surface area contributed by atoms with Crippen LogP contribution in [-0.2, 0) is 0 Å². The van der Waals surface area contributed by atoms with Crippen LogP contribution in [0.5, 0.6) is 0 Å². The Morgan fingerprint density at radius 1 is 0.560 bits per heavy atom. The number of hydrogen-bond acceptors (Lipinski definition) is 0. The molecule has 0 aliphatic carbocycles. The molecular weight excluding hydrogens is 300 g/mol. The van der Waals surface area contributed by atoms with Gasteiger partial charge < -0.3 is 0 Å². The third-order valence-electron chi connectivity index (χ3n) is 4.84. The van der Waals surface area contributed by atoms with Gasteiger partial charge in [0, 0.05) is 0 Å². The van der Waals surface area contributed by atoms with Crippen LogP contribution in [0, 0.1) is 0 Å². The van der Waals surface area contributed by atoms with Gasteiger partial charge in [-0.05, 0) is 50.6 Å². The van der Waals surface area contributed by atoms with Crippen LogP contribution in [0.4, 0.5) is 0 Å².